The monoisotopic (exact) mass is 369 g/mol. The zero-order valence-electron chi connectivity index (χ0n) is 15.9. The van der Waals surface area contributed by atoms with Crippen molar-refractivity contribution in [3.63, 3.8) is 0 Å². The third-order valence-electron chi connectivity index (χ3n) is 4.49. The highest BCUT2D eigenvalue weighted by atomic mass is 16.5. The van der Waals surface area contributed by atoms with Gasteiger partial charge in [0.05, 0.1) is 13.7 Å². The van der Waals surface area contributed by atoms with Crippen molar-refractivity contribution in [2.24, 2.45) is 0 Å². The summed E-state index contributed by atoms with van der Waals surface area (Å²) in [6.45, 7) is 0.321. The lowest BCUT2D eigenvalue weighted by atomic mass is 9.88. The first-order valence-corrected chi connectivity index (χ1v) is 9.26. The van der Waals surface area contributed by atoms with Crippen LogP contribution in [0.15, 0.2) is 84.9 Å². The molecule has 1 amide bonds. The van der Waals surface area contributed by atoms with E-state index in [0.29, 0.717) is 13.0 Å². The van der Waals surface area contributed by atoms with Crippen LogP contribution in [0.4, 0.5) is 0 Å². The lowest BCUT2D eigenvalue weighted by molar-refractivity contribution is -0.121. The molecule has 0 bridgehead atoms. The van der Waals surface area contributed by atoms with Crippen LogP contribution in [0.25, 0.3) is 0 Å². The number of rotatable bonds is 6. The molecule has 0 saturated carbocycles. The second kappa shape index (κ2) is 9.99. The van der Waals surface area contributed by atoms with Crippen LogP contribution in [-0.4, -0.2) is 19.6 Å². The Morgan fingerprint density at radius 3 is 2.00 bits per heavy atom. The molecule has 0 aliphatic heterocycles. The van der Waals surface area contributed by atoms with E-state index in [0.717, 1.165) is 22.4 Å². The average Bonchev–Trinajstić information content (AvgIpc) is 2.76. The van der Waals surface area contributed by atoms with Crippen LogP contribution in [0.1, 0.15) is 29.0 Å². The van der Waals surface area contributed by atoms with Gasteiger partial charge in [0.1, 0.15) is 5.75 Å². The molecule has 140 valence electrons. The van der Waals surface area contributed by atoms with Crippen molar-refractivity contribution in [1.29, 1.82) is 0 Å². The van der Waals surface area contributed by atoms with Crippen LogP contribution in [0.3, 0.4) is 0 Å². The third-order valence-corrected chi connectivity index (χ3v) is 4.49. The van der Waals surface area contributed by atoms with Gasteiger partial charge in [-0.3, -0.25) is 4.79 Å². The van der Waals surface area contributed by atoms with Gasteiger partial charge in [0.2, 0.25) is 5.91 Å². The molecule has 0 saturated heterocycles. The molecule has 3 aromatic carbocycles. The number of methoxy groups -OCH3 is 1. The Labute approximate surface area is 166 Å². The van der Waals surface area contributed by atoms with Crippen LogP contribution in [0, 0.1) is 11.8 Å². The number of carbonyl (C=O) groups is 1. The van der Waals surface area contributed by atoms with E-state index in [1.165, 1.54) is 0 Å². The normalized spacial score (nSPS) is 10.1. The standard InChI is InChI=1S/C25H23NO2/c1-28-23-16-14-20(15-17-23)9-8-18-26-25(27)19-24(21-10-4-2-5-11-21)22-12-6-3-7-13-22/h2-7,10-17,24H,18-19H2,1H3,(H,26,27). The molecule has 0 unspecified atom stereocenters. The predicted molar refractivity (Wildman–Crippen MR) is 112 cm³/mol. The molecular formula is C25H23NO2. The summed E-state index contributed by atoms with van der Waals surface area (Å²) >= 11 is 0. The van der Waals surface area contributed by atoms with Crippen molar-refractivity contribution in [1.82, 2.24) is 5.32 Å². The second-order valence-electron chi connectivity index (χ2n) is 6.39. The molecule has 0 aliphatic carbocycles. The minimum atomic E-state index is -0.0123. The van der Waals surface area contributed by atoms with E-state index in [1.807, 2.05) is 60.7 Å². The van der Waals surface area contributed by atoms with Gasteiger partial charge in [-0.1, -0.05) is 72.5 Å². The number of ether oxygens (including phenoxy) is 1. The van der Waals surface area contributed by atoms with Crippen molar-refractivity contribution in [2.75, 3.05) is 13.7 Å². The van der Waals surface area contributed by atoms with Crippen molar-refractivity contribution in [3.05, 3.63) is 102 Å². The first kappa shape index (κ1) is 19.3. The van der Waals surface area contributed by atoms with Crippen LogP contribution in [0.2, 0.25) is 0 Å². The van der Waals surface area contributed by atoms with Crippen molar-refractivity contribution < 1.29 is 9.53 Å². The zero-order valence-corrected chi connectivity index (χ0v) is 15.9. The molecule has 0 aromatic heterocycles. The first-order valence-electron chi connectivity index (χ1n) is 9.26. The van der Waals surface area contributed by atoms with Crippen molar-refractivity contribution in [2.45, 2.75) is 12.3 Å². The maximum Gasteiger partial charge on any atom is 0.221 e. The molecule has 28 heavy (non-hydrogen) atoms. The molecule has 1 N–H and O–H groups in total. The lowest BCUT2D eigenvalue weighted by Crippen LogP contribution is -2.25. The van der Waals surface area contributed by atoms with Crippen LogP contribution >= 0.6 is 0 Å². The van der Waals surface area contributed by atoms with Gasteiger partial charge in [-0.05, 0) is 35.4 Å². The molecule has 0 fully saturated rings. The Morgan fingerprint density at radius 2 is 1.46 bits per heavy atom. The topological polar surface area (TPSA) is 38.3 Å². The number of carbonyl (C=O) groups excluding carboxylic acids is 1. The van der Waals surface area contributed by atoms with Gasteiger partial charge in [-0.25, -0.2) is 0 Å². The minimum Gasteiger partial charge on any atom is -0.497 e. The summed E-state index contributed by atoms with van der Waals surface area (Å²) in [6.07, 6.45) is 0.387. The largest absolute Gasteiger partial charge is 0.497 e. The fourth-order valence-electron chi connectivity index (χ4n) is 3.02. The van der Waals surface area contributed by atoms with Gasteiger partial charge in [-0.2, -0.15) is 0 Å². The predicted octanol–water partition coefficient (Wildman–Crippen LogP) is 4.39. The summed E-state index contributed by atoms with van der Waals surface area (Å²) < 4.78 is 5.13. The van der Waals surface area contributed by atoms with Crippen LogP contribution in [0.5, 0.6) is 5.75 Å². The van der Waals surface area contributed by atoms with Gasteiger partial charge >= 0.3 is 0 Å². The highest BCUT2D eigenvalue weighted by Crippen LogP contribution is 2.27. The lowest BCUT2D eigenvalue weighted by Gasteiger charge is -2.17. The summed E-state index contributed by atoms with van der Waals surface area (Å²) in [6, 6.07) is 27.8. The molecule has 3 aromatic rings. The smallest absolute Gasteiger partial charge is 0.221 e. The Balaban J connectivity index is 1.61. The highest BCUT2D eigenvalue weighted by Gasteiger charge is 2.17. The third kappa shape index (κ3) is 5.49. The Bertz CT molecular complexity index is 899. The summed E-state index contributed by atoms with van der Waals surface area (Å²) in [5.41, 5.74) is 3.16. The number of hydrogen-bond donors (Lipinski definition) is 1. The number of benzene rings is 3. The Kier molecular flexibility index (Phi) is 6.87. The molecular weight excluding hydrogens is 346 g/mol. The maximum atomic E-state index is 12.5. The van der Waals surface area contributed by atoms with E-state index < -0.39 is 0 Å². The second-order valence-corrected chi connectivity index (χ2v) is 6.39. The molecule has 3 nitrogen and oxygen atoms in total. The quantitative estimate of drug-likeness (QED) is 0.655. The van der Waals surface area contributed by atoms with Gasteiger partial charge in [0.25, 0.3) is 0 Å². The van der Waals surface area contributed by atoms with Crippen molar-refractivity contribution in [3.8, 4) is 17.6 Å². The summed E-state index contributed by atoms with van der Waals surface area (Å²) in [7, 11) is 1.63. The van der Waals surface area contributed by atoms with Crippen LogP contribution < -0.4 is 10.1 Å². The SMILES string of the molecule is COc1ccc(C#CCNC(=O)CC(c2ccccc2)c2ccccc2)cc1. The summed E-state index contributed by atoms with van der Waals surface area (Å²) in [5, 5.41) is 2.91. The van der Waals surface area contributed by atoms with E-state index in [-0.39, 0.29) is 11.8 Å². The molecule has 0 aliphatic rings. The zero-order chi connectivity index (χ0) is 19.6. The van der Waals surface area contributed by atoms with E-state index in [2.05, 4.69) is 41.4 Å². The van der Waals surface area contributed by atoms with Crippen molar-refractivity contribution >= 4 is 5.91 Å². The minimum absolute atomic E-state index is 0.0123. The molecule has 0 heterocycles. The van der Waals surface area contributed by atoms with Gasteiger partial charge < -0.3 is 10.1 Å². The Hall–Kier alpha value is -3.51. The van der Waals surface area contributed by atoms with Gasteiger partial charge in [-0.15, -0.1) is 0 Å². The fourth-order valence-corrected chi connectivity index (χ4v) is 3.02. The highest BCUT2D eigenvalue weighted by molar-refractivity contribution is 5.77. The average molecular weight is 369 g/mol. The maximum absolute atomic E-state index is 12.5. The fraction of sp³-hybridized carbons (Fsp3) is 0.160. The summed E-state index contributed by atoms with van der Waals surface area (Å²) in [4.78, 5) is 12.5. The van der Waals surface area contributed by atoms with E-state index in [4.69, 9.17) is 4.74 Å². The van der Waals surface area contributed by atoms with E-state index >= 15 is 0 Å². The van der Waals surface area contributed by atoms with Crippen LogP contribution in [-0.2, 0) is 4.79 Å². The molecule has 0 radical (unpaired) electrons. The van der Waals surface area contributed by atoms with Gasteiger partial charge in [0, 0.05) is 17.9 Å². The van der Waals surface area contributed by atoms with Gasteiger partial charge in [0.15, 0.2) is 0 Å². The summed E-state index contributed by atoms with van der Waals surface area (Å²) in [5.74, 6) is 6.86. The number of nitrogens with one attached hydrogen (secondary N) is 1. The Morgan fingerprint density at radius 1 is 0.893 bits per heavy atom. The first-order chi connectivity index (χ1) is 13.8. The van der Waals surface area contributed by atoms with E-state index in [9.17, 15) is 4.79 Å². The molecule has 3 heteroatoms. The number of amides is 1. The molecule has 0 atom stereocenters. The molecule has 0 spiro atoms. The van der Waals surface area contributed by atoms with E-state index in [1.54, 1.807) is 7.11 Å². The molecule has 3 rings (SSSR count). The number of hydrogen-bond acceptors (Lipinski definition) is 2.